The Kier molecular flexibility index (Phi) is 10.4. The lowest BCUT2D eigenvalue weighted by Crippen LogP contribution is -2.21. The van der Waals surface area contributed by atoms with Crippen molar-refractivity contribution in [3.8, 4) is 11.5 Å². The third-order valence-electron chi connectivity index (χ3n) is 5.69. The van der Waals surface area contributed by atoms with Gasteiger partial charge in [0.2, 0.25) is 5.91 Å². The molecule has 0 saturated carbocycles. The number of carbonyl (C=O) groups is 4. The number of amides is 2. The second-order valence-corrected chi connectivity index (χ2v) is 9.96. The van der Waals surface area contributed by atoms with Crippen molar-refractivity contribution in [1.29, 1.82) is 0 Å². The standard InChI is InChI=1S/C31H34N2O7/c1-5-38-30(37)21-6-10-23(11-7-21)33-28(35)20-39-29(36)19-18-27(34)32-24-12-16-26(17-13-24)40-25-14-8-22(9-15-25)31(2,3)4/h6-17H,5,18-20H2,1-4H3,(H,32,34)(H,33,35). The van der Waals surface area contributed by atoms with Crippen LogP contribution in [0.1, 0.15) is 56.5 Å². The monoisotopic (exact) mass is 546 g/mol. The van der Waals surface area contributed by atoms with Gasteiger partial charge in [-0.1, -0.05) is 32.9 Å². The van der Waals surface area contributed by atoms with Gasteiger partial charge in [-0.25, -0.2) is 4.79 Å². The minimum atomic E-state index is -0.677. The molecule has 9 nitrogen and oxygen atoms in total. The lowest BCUT2D eigenvalue weighted by atomic mass is 9.87. The summed E-state index contributed by atoms with van der Waals surface area (Å²) in [5, 5.41) is 5.28. The van der Waals surface area contributed by atoms with Gasteiger partial charge in [0, 0.05) is 17.8 Å². The molecule has 3 aromatic rings. The Morgan fingerprint density at radius 1 is 0.675 bits per heavy atom. The number of hydrogen-bond donors (Lipinski definition) is 2. The SMILES string of the molecule is CCOC(=O)c1ccc(NC(=O)COC(=O)CCC(=O)Nc2ccc(Oc3ccc(C(C)(C)C)cc3)cc2)cc1. The van der Waals surface area contributed by atoms with Crippen LogP contribution in [0.5, 0.6) is 11.5 Å². The number of esters is 2. The second-order valence-electron chi connectivity index (χ2n) is 9.96. The zero-order valence-electron chi connectivity index (χ0n) is 23.1. The van der Waals surface area contributed by atoms with E-state index in [4.69, 9.17) is 14.2 Å². The molecule has 0 unspecified atom stereocenters. The van der Waals surface area contributed by atoms with Crippen molar-refractivity contribution in [2.75, 3.05) is 23.8 Å². The smallest absolute Gasteiger partial charge is 0.338 e. The van der Waals surface area contributed by atoms with Crippen LogP contribution < -0.4 is 15.4 Å². The average Bonchev–Trinajstić information content (AvgIpc) is 2.92. The van der Waals surface area contributed by atoms with Crippen molar-refractivity contribution < 1.29 is 33.4 Å². The molecule has 0 aliphatic rings. The van der Waals surface area contributed by atoms with Gasteiger partial charge in [-0.05, 0) is 78.6 Å². The van der Waals surface area contributed by atoms with Crippen molar-refractivity contribution >= 4 is 35.1 Å². The first-order valence-electron chi connectivity index (χ1n) is 12.9. The molecule has 0 aliphatic carbocycles. The van der Waals surface area contributed by atoms with Gasteiger partial charge in [-0.2, -0.15) is 0 Å². The van der Waals surface area contributed by atoms with Gasteiger partial charge in [-0.3, -0.25) is 14.4 Å². The topological polar surface area (TPSA) is 120 Å². The fraction of sp³-hybridized carbons (Fsp3) is 0.290. The van der Waals surface area contributed by atoms with E-state index in [9.17, 15) is 19.2 Å². The largest absolute Gasteiger partial charge is 0.462 e. The summed E-state index contributed by atoms with van der Waals surface area (Å²) in [5.74, 6) is -0.711. The maximum atomic E-state index is 12.2. The normalized spacial score (nSPS) is 10.8. The van der Waals surface area contributed by atoms with Crippen LogP contribution in [-0.2, 0) is 29.3 Å². The van der Waals surface area contributed by atoms with Crippen LogP contribution in [0, 0.1) is 0 Å². The lowest BCUT2D eigenvalue weighted by molar-refractivity contribution is -0.147. The van der Waals surface area contributed by atoms with E-state index in [0.717, 1.165) is 0 Å². The molecule has 0 saturated heterocycles. The number of rotatable bonds is 11. The third kappa shape index (κ3) is 9.58. The van der Waals surface area contributed by atoms with Crippen molar-refractivity contribution in [2.24, 2.45) is 0 Å². The number of nitrogens with one attached hydrogen (secondary N) is 2. The highest BCUT2D eigenvalue weighted by Crippen LogP contribution is 2.27. The number of ether oxygens (including phenoxy) is 3. The van der Waals surface area contributed by atoms with Crippen LogP contribution in [0.4, 0.5) is 11.4 Å². The molecule has 0 radical (unpaired) electrons. The Labute approximate surface area is 233 Å². The molecule has 0 aliphatic heterocycles. The summed E-state index contributed by atoms with van der Waals surface area (Å²) in [4.78, 5) is 47.9. The summed E-state index contributed by atoms with van der Waals surface area (Å²) in [7, 11) is 0. The first kappa shape index (κ1) is 29.9. The van der Waals surface area contributed by atoms with Crippen LogP contribution in [0.15, 0.2) is 72.8 Å². The van der Waals surface area contributed by atoms with E-state index in [-0.39, 0.29) is 30.8 Å². The highest BCUT2D eigenvalue weighted by atomic mass is 16.5. The van der Waals surface area contributed by atoms with Gasteiger partial charge in [0.1, 0.15) is 11.5 Å². The van der Waals surface area contributed by atoms with Crippen LogP contribution >= 0.6 is 0 Å². The molecule has 0 heterocycles. The van der Waals surface area contributed by atoms with E-state index < -0.39 is 24.5 Å². The predicted molar refractivity (Wildman–Crippen MR) is 152 cm³/mol. The van der Waals surface area contributed by atoms with E-state index in [1.807, 2.05) is 24.3 Å². The van der Waals surface area contributed by atoms with Crippen molar-refractivity contribution in [3.05, 3.63) is 83.9 Å². The van der Waals surface area contributed by atoms with Crippen LogP contribution in [-0.4, -0.2) is 37.0 Å². The van der Waals surface area contributed by atoms with Crippen LogP contribution in [0.25, 0.3) is 0 Å². The van der Waals surface area contributed by atoms with E-state index in [1.165, 1.54) is 17.7 Å². The summed E-state index contributed by atoms with van der Waals surface area (Å²) in [6, 6.07) is 20.9. The molecule has 0 spiro atoms. The van der Waals surface area contributed by atoms with E-state index in [2.05, 4.69) is 31.4 Å². The highest BCUT2D eigenvalue weighted by molar-refractivity contribution is 5.95. The fourth-order valence-electron chi connectivity index (χ4n) is 3.52. The van der Waals surface area contributed by atoms with E-state index in [0.29, 0.717) is 28.4 Å². The van der Waals surface area contributed by atoms with Gasteiger partial charge >= 0.3 is 11.9 Å². The second kappa shape index (κ2) is 13.9. The lowest BCUT2D eigenvalue weighted by Gasteiger charge is -2.19. The quantitative estimate of drug-likeness (QED) is 0.289. The van der Waals surface area contributed by atoms with Gasteiger partial charge in [-0.15, -0.1) is 0 Å². The zero-order chi connectivity index (χ0) is 29.1. The first-order valence-corrected chi connectivity index (χ1v) is 12.9. The summed E-state index contributed by atoms with van der Waals surface area (Å²) in [6.45, 7) is 7.92. The molecule has 210 valence electrons. The zero-order valence-corrected chi connectivity index (χ0v) is 23.1. The maximum Gasteiger partial charge on any atom is 0.338 e. The molecule has 0 fully saturated rings. The predicted octanol–water partition coefficient (Wildman–Crippen LogP) is 5.85. The fourth-order valence-corrected chi connectivity index (χ4v) is 3.52. The van der Waals surface area contributed by atoms with E-state index >= 15 is 0 Å². The Bertz CT molecular complexity index is 1310. The van der Waals surface area contributed by atoms with Gasteiger partial charge in [0.05, 0.1) is 18.6 Å². The Morgan fingerprint density at radius 2 is 1.20 bits per heavy atom. The van der Waals surface area contributed by atoms with Crippen molar-refractivity contribution in [1.82, 2.24) is 0 Å². The molecule has 3 rings (SSSR count). The van der Waals surface area contributed by atoms with Crippen LogP contribution in [0.3, 0.4) is 0 Å². The number of hydrogen-bond acceptors (Lipinski definition) is 7. The molecule has 40 heavy (non-hydrogen) atoms. The van der Waals surface area contributed by atoms with Crippen LogP contribution in [0.2, 0.25) is 0 Å². The molecule has 2 amide bonds. The van der Waals surface area contributed by atoms with Crippen molar-refractivity contribution in [2.45, 2.75) is 46.0 Å². The summed E-state index contributed by atoms with van der Waals surface area (Å²) < 4.78 is 15.7. The maximum absolute atomic E-state index is 12.2. The summed E-state index contributed by atoms with van der Waals surface area (Å²) in [5.41, 5.74) is 2.62. The highest BCUT2D eigenvalue weighted by Gasteiger charge is 2.14. The third-order valence-corrected chi connectivity index (χ3v) is 5.69. The number of anilines is 2. The molecule has 3 aromatic carbocycles. The van der Waals surface area contributed by atoms with Gasteiger partial charge < -0.3 is 24.8 Å². The van der Waals surface area contributed by atoms with Gasteiger partial charge in [0.25, 0.3) is 5.91 Å². The molecule has 0 atom stereocenters. The van der Waals surface area contributed by atoms with Gasteiger partial charge in [0.15, 0.2) is 6.61 Å². The Morgan fingerprint density at radius 3 is 1.75 bits per heavy atom. The molecule has 9 heteroatoms. The Balaban J connectivity index is 1.36. The molecular formula is C31H34N2O7. The first-order chi connectivity index (χ1) is 19.0. The molecule has 2 N–H and O–H groups in total. The van der Waals surface area contributed by atoms with Crippen molar-refractivity contribution in [3.63, 3.8) is 0 Å². The minimum Gasteiger partial charge on any atom is -0.462 e. The number of carbonyl (C=O) groups excluding carboxylic acids is 4. The molecule has 0 aromatic heterocycles. The average molecular weight is 547 g/mol. The summed E-state index contributed by atoms with van der Waals surface area (Å²) in [6.07, 6.45) is -0.284. The number of benzene rings is 3. The summed E-state index contributed by atoms with van der Waals surface area (Å²) >= 11 is 0. The Hall–Kier alpha value is -4.66. The van der Waals surface area contributed by atoms with E-state index in [1.54, 1.807) is 43.3 Å². The molecular weight excluding hydrogens is 512 g/mol. The minimum absolute atomic E-state index is 0.0612. The molecule has 0 bridgehead atoms.